The van der Waals surface area contributed by atoms with E-state index in [0.717, 1.165) is 5.75 Å². The minimum absolute atomic E-state index is 0.0572. The normalized spacial score (nSPS) is 10.4. The molecule has 0 aliphatic carbocycles. The van der Waals surface area contributed by atoms with Crippen molar-refractivity contribution in [3.05, 3.63) is 107 Å². The molecule has 4 rings (SSSR count). The van der Waals surface area contributed by atoms with Crippen molar-refractivity contribution in [1.29, 1.82) is 0 Å². The van der Waals surface area contributed by atoms with E-state index in [4.69, 9.17) is 4.74 Å². The third kappa shape index (κ3) is 4.12. The molecule has 148 valence electrons. The molecule has 0 unspecified atom stereocenters. The molecule has 0 atom stereocenters. The lowest BCUT2D eigenvalue weighted by Gasteiger charge is -2.17. The first-order valence-electron chi connectivity index (χ1n) is 9.37. The van der Waals surface area contributed by atoms with Crippen LogP contribution in [-0.4, -0.2) is 22.9 Å². The van der Waals surface area contributed by atoms with Gasteiger partial charge in [0, 0.05) is 18.9 Å². The number of anilines is 1. The lowest BCUT2D eigenvalue weighted by Crippen LogP contribution is -2.31. The Morgan fingerprint density at radius 1 is 0.867 bits per heavy atom. The van der Waals surface area contributed by atoms with Gasteiger partial charge in [0.15, 0.2) is 0 Å². The summed E-state index contributed by atoms with van der Waals surface area (Å²) in [5.74, 6) is 0.984. The van der Waals surface area contributed by atoms with Crippen LogP contribution < -0.4 is 15.2 Å². The second-order valence-electron chi connectivity index (χ2n) is 6.60. The highest BCUT2D eigenvalue weighted by Gasteiger charge is 2.17. The number of benzene rings is 2. The van der Waals surface area contributed by atoms with Crippen molar-refractivity contribution in [3.8, 4) is 22.9 Å². The van der Waals surface area contributed by atoms with Crippen LogP contribution in [0.1, 0.15) is 10.4 Å². The second-order valence-corrected chi connectivity index (χ2v) is 6.60. The summed E-state index contributed by atoms with van der Waals surface area (Å²) >= 11 is 0. The number of hydrogen-bond donors (Lipinski definition) is 1. The molecule has 0 bridgehead atoms. The van der Waals surface area contributed by atoms with Gasteiger partial charge in [-0.1, -0.05) is 24.3 Å². The molecule has 0 aliphatic rings. The number of rotatable bonds is 5. The molecule has 0 saturated heterocycles. The predicted octanol–water partition coefficient (Wildman–Crippen LogP) is 4.51. The molecule has 1 amide bonds. The maximum atomic E-state index is 12.8. The minimum atomic E-state index is -0.459. The zero-order valence-electron chi connectivity index (χ0n) is 16.3. The zero-order valence-corrected chi connectivity index (χ0v) is 16.3. The van der Waals surface area contributed by atoms with Crippen molar-refractivity contribution >= 4 is 11.6 Å². The number of H-pyrrole nitrogens is 1. The number of hydrogen-bond acceptors (Lipinski definition) is 4. The van der Waals surface area contributed by atoms with Gasteiger partial charge >= 0.3 is 0 Å². The molecule has 2 aromatic carbocycles. The summed E-state index contributed by atoms with van der Waals surface area (Å²) in [6.45, 7) is 0. The average Bonchev–Trinajstić information content (AvgIpc) is 2.80. The van der Waals surface area contributed by atoms with Crippen LogP contribution >= 0.6 is 0 Å². The van der Waals surface area contributed by atoms with Crippen LogP contribution in [0.5, 0.6) is 11.5 Å². The van der Waals surface area contributed by atoms with Crippen LogP contribution in [0.25, 0.3) is 11.4 Å². The van der Waals surface area contributed by atoms with E-state index in [2.05, 4.69) is 9.97 Å². The number of pyridine rings is 2. The highest BCUT2D eigenvalue weighted by Crippen LogP contribution is 2.24. The first-order valence-corrected chi connectivity index (χ1v) is 9.37. The number of para-hydroxylation sites is 1. The molecular formula is C24H19N3O3. The third-order valence-electron chi connectivity index (χ3n) is 4.59. The smallest absolute Gasteiger partial charge is 0.263 e. The molecule has 30 heavy (non-hydrogen) atoms. The number of ether oxygens (including phenoxy) is 1. The van der Waals surface area contributed by atoms with Crippen molar-refractivity contribution in [3.63, 3.8) is 0 Å². The van der Waals surface area contributed by atoms with E-state index in [1.165, 1.54) is 11.0 Å². The SMILES string of the molecule is CN(C(=O)c1ccc(-c2ccccn2)[nH]c1=O)c1ccc(Oc2ccccc2)cc1. The number of nitrogens with zero attached hydrogens (tertiary/aromatic N) is 2. The fourth-order valence-electron chi connectivity index (χ4n) is 2.97. The van der Waals surface area contributed by atoms with Crippen LogP contribution in [0.15, 0.2) is 95.9 Å². The van der Waals surface area contributed by atoms with E-state index in [1.54, 1.807) is 55.7 Å². The van der Waals surface area contributed by atoms with E-state index in [9.17, 15) is 9.59 Å². The molecular weight excluding hydrogens is 378 g/mol. The number of aromatic amines is 1. The standard InChI is InChI=1S/C24H19N3O3/c1-27(17-10-12-19(13-11-17)30-18-7-3-2-4-8-18)24(29)20-14-15-22(26-23(20)28)21-9-5-6-16-25-21/h2-16H,1H3,(H,26,28). The summed E-state index contributed by atoms with van der Waals surface area (Å²) < 4.78 is 5.77. The Morgan fingerprint density at radius 3 is 2.23 bits per heavy atom. The maximum Gasteiger partial charge on any atom is 0.263 e. The molecule has 0 radical (unpaired) electrons. The molecule has 0 aliphatic heterocycles. The summed E-state index contributed by atoms with van der Waals surface area (Å²) in [5, 5.41) is 0. The summed E-state index contributed by atoms with van der Waals surface area (Å²) in [7, 11) is 1.63. The second kappa shape index (κ2) is 8.45. The van der Waals surface area contributed by atoms with E-state index >= 15 is 0 Å². The van der Waals surface area contributed by atoms with Gasteiger partial charge in [-0.3, -0.25) is 14.6 Å². The minimum Gasteiger partial charge on any atom is -0.457 e. The van der Waals surface area contributed by atoms with Gasteiger partial charge < -0.3 is 14.6 Å². The van der Waals surface area contributed by atoms with Gasteiger partial charge in [0.2, 0.25) is 0 Å². The highest BCUT2D eigenvalue weighted by atomic mass is 16.5. The van der Waals surface area contributed by atoms with Crippen molar-refractivity contribution in [2.24, 2.45) is 0 Å². The molecule has 1 N–H and O–H groups in total. The largest absolute Gasteiger partial charge is 0.457 e. The molecule has 4 aromatic rings. The first kappa shape index (κ1) is 19.1. The lowest BCUT2D eigenvalue weighted by atomic mass is 10.2. The maximum absolute atomic E-state index is 12.8. The van der Waals surface area contributed by atoms with Crippen molar-refractivity contribution < 1.29 is 9.53 Å². The van der Waals surface area contributed by atoms with Crippen LogP contribution in [0, 0.1) is 0 Å². The Bertz CT molecular complexity index is 1200. The Kier molecular flexibility index (Phi) is 5.39. The van der Waals surface area contributed by atoms with Crippen molar-refractivity contribution in [2.75, 3.05) is 11.9 Å². The van der Waals surface area contributed by atoms with E-state index in [-0.39, 0.29) is 5.56 Å². The Labute approximate surface area is 173 Å². The quantitative estimate of drug-likeness (QED) is 0.538. The fraction of sp³-hybridized carbons (Fsp3) is 0.0417. The van der Waals surface area contributed by atoms with Gasteiger partial charge in [-0.05, 0) is 60.7 Å². The van der Waals surface area contributed by atoms with E-state index in [0.29, 0.717) is 22.8 Å². The first-order chi connectivity index (χ1) is 14.6. The molecule has 6 nitrogen and oxygen atoms in total. The highest BCUT2D eigenvalue weighted by molar-refractivity contribution is 6.05. The van der Waals surface area contributed by atoms with Crippen molar-refractivity contribution in [2.45, 2.75) is 0 Å². The van der Waals surface area contributed by atoms with Crippen LogP contribution in [-0.2, 0) is 0 Å². The van der Waals surface area contributed by atoms with E-state index < -0.39 is 11.5 Å². The number of carbonyl (C=O) groups is 1. The van der Waals surface area contributed by atoms with Gasteiger partial charge in [0.05, 0.1) is 11.4 Å². The number of amides is 1. The van der Waals surface area contributed by atoms with Crippen LogP contribution in [0.2, 0.25) is 0 Å². The fourth-order valence-corrected chi connectivity index (χ4v) is 2.97. The zero-order chi connectivity index (χ0) is 20.9. The van der Waals surface area contributed by atoms with Gasteiger partial charge in [0.1, 0.15) is 17.1 Å². The average molecular weight is 397 g/mol. The van der Waals surface area contributed by atoms with Gasteiger partial charge in [-0.2, -0.15) is 0 Å². The number of nitrogens with one attached hydrogen (secondary N) is 1. The van der Waals surface area contributed by atoms with Crippen LogP contribution in [0.3, 0.4) is 0 Å². The van der Waals surface area contributed by atoms with Gasteiger partial charge in [-0.15, -0.1) is 0 Å². The van der Waals surface area contributed by atoms with Crippen LogP contribution in [0.4, 0.5) is 5.69 Å². The summed E-state index contributed by atoms with van der Waals surface area (Å²) in [4.78, 5) is 33.7. The van der Waals surface area contributed by atoms with Gasteiger partial charge in [0.25, 0.3) is 11.5 Å². The topological polar surface area (TPSA) is 75.3 Å². The number of carbonyl (C=O) groups excluding carboxylic acids is 1. The van der Waals surface area contributed by atoms with E-state index in [1.807, 2.05) is 36.4 Å². The Balaban J connectivity index is 1.51. The molecule has 2 heterocycles. The monoisotopic (exact) mass is 397 g/mol. The summed E-state index contributed by atoms with van der Waals surface area (Å²) in [6.07, 6.45) is 1.64. The molecule has 0 saturated carbocycles. The Morgan fingerprint density at radius 2 is 1.57 bits per heavy atom. The van der Waals surface area contributed by atoms with Gasteiger partial charge in [-0.25, -0.2) is 0 Å². The Hall–Kier alpha value is -4.19. The lowest BCUT2D eigenvalue weighted by molar-refractivity contribution is 0.0991. The van der Waals surface area contributed by atoms with Crippen molar-refractivity contribution in [1.82, 2.24) is 9.97 Å². The molecule has 0 fully saturated rings. The summed E-state index contributed by atoms with van der Waals surface area (Å²) in [5.41, 5.74) is 1.44. The summed E-state index contributed by atoms with van der Waals surface area (Å²) in [6, 6.07) is 25.2. The third-order valence-corrected chi connectivity index (χ3v) is 4.59. The number of aromatic nitrogens is 2. The predicted molar refractivity (Wildman–Crippen MR) is 116 cm³/mol. The molecule has 0 spiro atoms. The molecule has 2 aromatic heterocycles. The molecule has 6 heteroatoms.